The molecule has 0 N–H and O–H groups in total. The first-order valence-electron chi connectivity index (χ1n) is 11.5. The molecule has 0 bridgehead atoms. The molecule has 3 aromatic carbocycles. The van der Waals surface area contributed by atoms with E-state index in [9.17, 15) is 12.8 Å². The third-order valence-electron chi connectivity index (χ3n) is 6.87. The highest BCUT2D eigenvalue weighted by Gasteiger charge is 2.36. The average molecular weight is 498 g/mol. The topological polar surface area (TPSA) is 74.3 Å². The maximum Gasteiger partial charge on any atom is 0.339 e. The molecule has 0 radical (unpaired) electrons. The van der Waals surface area contributed by atoms with E-state index in [4.69, 9.17) is 18.4 Å². The molecule has 9 heteroatoms. The van der Waals surface area contributed by atoms with E-state index in [2.05, 4.69) is 17.0 Å². The summed E-state index contributed by atoms with van der Waals surface area (Å²) in [6, 6.07) is 12.8. The molecule has 0 spiro atoms. The lowest BCUT2D eigenvalue weighted by molar-refractivity contribution is 0.152. The fourth-order valence-electron chi connectivity index (χ4n) is 5.17. The normalized spacial score (nSPS) is 18.7. The quantitative estimate of drug-likeness (QED) is 0.504. The smallest absolute Gasteiger partial charge is 0.339 e. The maximum atomic E-state index is 13.7. The van der Waals surface area contributed by atoms with Crippen molar-refractivity contribution >= 4 is 10.1 Å². The molecule has 3 aliphatic rings. The fraction of sp³-hybridized carbons (Fsp3) is 0.308. The van der Waals surface area contributed by atoms with Gasteiger partial charge in [-0.1, -0.05) is 12.1 Å². The van der Waals surface area contributed by atoms with Gasteiger partial charge in [-0.05, 0) is 65.9 Å². The molecule has 0 fully saturated rings. The summed E-state index contributed by atoms with van der Waals surface area (Å²) in [4.78, 5) is 2.08. The predicted molar refractivity (Wildman–Crippen MR) is 125 cm³/mol. The zero-order chi connectivity index (χ0) is 24.2. The Labute approximate surface area is 203 Å². The van der Waals surface area contributed by atoms with E-state index in [1.807, 2.05) is 6.07 Å². The van der Waals surface area contributed by atoms with Crippen LogP contribution < -0.4 is 18.4 Å². The summed E-state index contributed by atoms with van der Waals surface area (Å²) in [7, 11) is -2.79. The van der Waals surface area contributed by atoms with Gasteiger partial charge < -0.3 is 18.4 Å². The van der Waals surface area contributed by atoms with Crippen LogP contribution in [0.25, 0.3) is 0 Å². The number of halogens is 1. The molecular weight excluding hydrogens is 473 g/mol. The van der Waals surface area contributed by atoms with Gasteiger partial charge in [0.05, 0.1) is 7.11 Å². The third-order valence-corrected chi connectivity index (χ3v) is 8.08. The van der Waals surface area contributed by atoms with Crippen LogP contribution in [0.15, 0.2) is 53.4 Å². The van der Waals surface area contributed by atoms with Crippen LogP contribution in [0.3, 0.4) is 0 Å². The Morgan fingerprint density at radius 1 is 1.03 bits per heavy atom. The van der Waals surface area contributed by atoms with Crippen LogP contribution in [-0.4, -0.2) is 40.2 Å². The Balaban J connectivity index is 1.38. The Morgan fingerprint density at radius 3 is 2.60 bits per heavy atom. The molecule has 6 rings (SSSR count). The van der Waals surface area contributed by atoms with E-state index >= 15 is 0 Å². The van der Waals surface area contributed by atoms with Gasteiger partial charge in [0.2, 0.25) is 0 Å². The molecule has 1 atom stereocenters. The van der Waals surface area contributed by atoms with Gasteiger partial charge in [-0.3, -0.25) is 4.90 Å². The van der Waals surface area contributed by atoms with Gasteiger partial charge in [-0.25, -0.2) is 4.39 Å². The average Bonchev–Trinajstić information content (AvgIpc) is 2.86. The van der Waals surface area contributed by atoms with E-state index < -0.39 is 15.9 Å². The lowest BCUT2D eigenvalue weighted by atomic mass is 9.83. The van der Waals surface area contributed by atoms with Crippen LogP contribution in [0.2, 0.25) is 0 Å². The molecule has 0 saturated carbocycles. The molecule has 3 heterocycles. The number of nitrogens with zero attached hydrogens (tertiary/aromatic N) is 1. The van der Waals surface area contributed by atoms with Crippen LogP contribution in [0.5, 0.6) is 23.0 Å². The molecule has 3 aliphatic heterocycles. The highest BCUT2D eigenvalue weighted by molar-refractivity contribution is 7.87. The first-order chi connectivity index (χ1) is 16.9. The Hall–Kier alpha value is -3.30. The molecule has 35 heavy (non-hydrogen) atoms. The van der Waals surface area contributed by atoms with Crippen molar-refractivity contribution in [3.8, 4) is 23.0 Å². The van der Waals surface area contributed by atoms with Crippen molar-refractivity contribution in [1.82, 2.24) is 4.90 Å². The number of benzene rings is 3. The van der Waals surface area contributed by atoms with Gasteiger partial charge in [0.15, 0.2) is 23.0 Å². The summed E-state index contributed by atoms with van der Waals surface area (Å²) in [6.07, 6.45) is 1.53. The monoisotopic (exact) mass is 497 g/mol. The number of ether oxygens (including phenoxy) is 3. The number of rotatable bonds is 4. The van der Waals surface area contributed by atoms with Gasteiger partial charge in [-0.2, -0.15) is 8.42 Å². The molecule has 0 aromatic heterocycles. The van der Waals surface area contributed by atoms with Crippen LogP contribution in [-0.2, 0) is 29.5 Å². The van der Waals surface area contributed by atoms with E-state index in [0.717, 1.165) is 41.7 Å². The van der Waals surface area contributed by atoms with Gasteiger partial charge in [0.1, 0.15) is 23.9 Å². The van der Waals surface area contributed by atoms with Crippen molar-refractivity contribution in [2.45, 2.75) is 30.3 Å². The highest BCUT2D eigenvalue weighted by Crippen LogP contribution is 2.46. The van der Waals surface area contributed by atoms with Crippen molar-refractivity contribution < 1.29 is 31.2 Å². The maximum absolute atomic E-state index is 13.7. The second-order valence-corrected chi connectivity index (χ2v) is 10.4. The standard InChI is InChI=1S/C26H24FNO6S/c1-31-23-6-5-16-11-22-20-14-25-24(32-9-10-33-25)12-17(20)7-8-28(22)15-21(16)26(23)34-35(29,30)19-4-2-3-18(27)13-19/h2-6,12-14,22H,7-11,15H2,1H3. The summed E-state index contributed by atoms with van der Waals surface area (Å²) in [5.74, 6) is 1.38. The summed E-state index contributed by atoms with van der Waals surface area (Å²) < 4.78 is 62.4. The fourth-order valence-corrected chi connectivity index (χ4v) is 6.17. The van der Waals surface area contributed by atoms with E-state index in [0.29, 0.717) is 31.9 Å². The summed E-state index contributed by atoms with van der Waals surface area (Å²) in [5, 5.41) is 0. The Kier molecular flexibility index (Phi) is 5.34. The minimum Gasteiger partial charge on any atom is -0.493 e. The van der Waals surface area contributed by atoms with Crippen molar-refractivity contribution in [2.75, 3.05) is 26.9 Å². The molecule has 0 amide bonds. The molecule has 3 aromatic rings. The summed E-state index contributed by atoms with van der Waals surface area (Å²) >= 11 is 0. The van der Waals surface area contributed by atoms with E-state index in [-0.39, 0.29) is 16.7 Å². The van der Waals surface area contributed by atoms with Gasteiger partial charge in [-0.15, -0.1) is 0 Å². The highest BCUT2D eigenvalue weighted by atomic mass is 32.2. The van der Waals surface area contributed by atoms with Crippen LogP contribution >= 0.6 is 0 Å². The Bertz CT molecular complexity index is 1420. The molecule has 182 valence electrons. The molecule has 0 saturated heterocycles. The molecule has 1 unspecified atom stereocenters. The van der Waals surface area contributed by atoms with Gasteiger partial charge in [0, 0.05) is 24.7 Å². The minimum absolute atomic E-state index is 0.128. The second kappa shape index (κ2) is 8.42. The number of methoxy groups -OCH3 is 1. The van der Waals surface area contributed by atoms with E-state index in [1.165, 1.54) is 36.4 Å². The number of hydrogen-bond donors (Lipinski definition) is 0. The van der Waals surface area contributed by atoms with Crippen LogP contribution in [0.1, 0.15) is 28.3 Å². The Morgan fingerprint density at radius 2 is 1.83 bits per heavy atom. The summed E-state index contributed by atoms with van der Waals surface area (Å²) in [6.45, 7) is 2.39. The third kappa shape index (κ3) is 3.88. The van der Waals surface area contributed by atoms with Crippen LogP contribution in [0, 0.1) is 5.82 Å². The predicted octanol–water partition coefficient (Wildman–Crippen LogP) is 4.03. The second-order valence-electron chi connectivity index (χ2n) is 8.86. The number of hydrogen-bond acceptors (Lipinski definition) is 7. The van der Waals surface area contributed by atoms with E-state index in [1.54, 1.807) is 6.07 Å². The first-order valence-corrected chi connectivity index (χ1v) is 12.9. The largest absolute Gasteiger partial charge is 0.493 e. The number of fused-ring (bicyclic) bond motifs is 5. The SMILES string of the molecule is COc1ccc2c(c1OS(=O)(=O)c1cccc(F)c1)CN1CCc3cc4c(cc3C1C2)OCCO4. The van der Waals surface area contributed by atoms with Crippen LogP contribution in [0.4, 0.5) is 4.39 Å². The van der Waals surface area contributed by atoms with Crippen molar-refractivity contribution in [3.63, 3.8) is 0 Å². The lowest BCUT2D eigenvalue weighted by Crippen LogP contribution is -2.39. The van der Waals surface area contributed by atoms with Crippen molar-refractivity contribution in [2.24, 2.45) is 0 Å². The molecule has 0 aliphatic carbocycles. The first kappa shape index (κ1) is 22.2. The zero-order valence-electron chi connectivity index (χ0n) is 19.1. The molecule has 7 nitrogen and oxygen atoms in total. The van der Waals surface area contributed by atoms with Gasteiger partial charge >= 0.3 is 10.1 Å². The van der Waals surface area contributed by atoms with Crippen molar-refractivity contribution in [3.05, 3.63) is 76.6 Å². The van der Waals surface area contributed by atoms with Gasteiger partial charge in [0.25, 0.3) is 0 Å². The molecular formula is C26H24FNO6S. The summed E-state index contributed by atoms with van der Waals surface area (Å²) in [5.41, 5.74) is 4.20. The van der Waals surface area contributed by atoms with Crippen molar-refractivity contribution in [1.29, 1.82) is 0 Å². The minimum atomic E-state index is -4.26. The lowest BCUT2D eigenvalue weighted by Gasteiger charge is -2.42. The zero-order valence-corrected chi connectivity index (χ0v) is 19.9.